The molecule has 0 saturated carbocycles. The van der Waals surface area contributed by atoms with E-state index in [4.69, 9.17) is 0 Å². The minimum absolute atomic E-state index is 0.0250. The number of nitrogens with zero attached hydrogens (tertiary/aromatic N) is 2. The van der Waals surface area contributed by atoms with Gasteiger partial charge in [0.15, 0.2) is 0 Å². The molecule has 7 heteroatoms. The molecule has 0 aliphatic heterocycles. The summed E-state index contributed by atoms with van der Waals surface area (Å²) >= 11 is 0. The molecule has 2 rings (SSSR count). The maximum Gasteiger partial charge on any atom is 0.325 e. The second kappa shape index (κ2) is 6.17. The van der Waals surface area contributed by atoms with Crippen LogP contribution in [0.3, 0.4) is 0 Å². The average molecular weight is 308 g/mol. The standard InChI is InChI=1S/C14H16N2O4S/c1-3-8-21(20)9-13-14(10(2)17)16(19)12-7-5-4-6-11(12)15(13)18/h4-7H,3,8-9H2,1-2H3. The molecule has 1 atom stereocenters. The first-order valence-corrected chi connectivity index (χ1v) is 8.08. The van der Waals surface area contributed by atoms with Gasteiger partial charge in [-0.3, -0.25) is 9.00 Å². The molecule has 0 aliphatic rings. The Morgan fingerprint density at radius 1 is 1.38 bits per heavy atom. The van der Waals surface area contributed by atoms with Crippen molar-refractivity contribution in [2.75, 3.05) is 5.75 Å². The Labute approximate surface area is 124 Å². The number of hydrogen-bond acceptors (Lipinski definition) is 4. The summed E-state index contributed by atoms with van der Waals surface area (Å²) in [6.07, 6.45) is 0.700. The van der Waals surface area contributed by atoms with Crippen LogP contribution < -0.4 is 4.43 Å². The lowest BCUT2D eigenvalue weighted by molar-refractivity contribution is -0.468. The van der Waals surface area contributed by atoms with Gasteiger partial charge in [0, 0.05) is 34.4 Å². The Kier molecular flexibility index (Phi) is 4.52. The van der Waals surface area contributed by atoms with Crippen LogP contribution in [0.15, 0.2) is 24.3 Å². The molecular formula is C14H16N2O4S. The van der Waals surface area contributed by atoms with E-state index in [1.165, 1.54) is 19.1 Å². The van der Waals surface area contributed by atoms with Crippen molar-refractivity contribution in [2.45, 2.75) is 26.0 Å². The van der Waals surface area contributed by atoms with Gasteiger partial charge in [0.2, 0.25) is 5.78 Å². The van der Waals surface area contributed by atoms with Gasteiger partial charge in [0.25, 0.3) is 5.52 Å². The lowest BCUT2D eigenvalue weighted by Crippen LogP contribution is -2.31. The summed E-state index contributed by atoms with van der Waals surface area (Å²) < 4.78 is 12.9. The zero-order valence-corrected chi connectivity index (χ0v) is 12.7. The fourth-order valence-corrected chi connectivity index (χ4v) is 3.37. The lowest BCUT2D eigenvalue weighted by atomic mass is 10.2. The van der Waals surface area contributed by atoms with Gasteiger partial charge in [-0.2, -0.15) is 0 Å². The van der Waals surface area contributed by atoms with Crippen molar-refractivity contribution in [1.29, 1.82) is 0 Å². The summed E-state index contributed by atoms with van der Waals surface area (Å²) in [5.74, 6) is -0.189. The molecular weight excluding hydrogens is 292 g/mol. The molecule has 0 bridgehead atoms. The Bertz CT molecular complexity index is 782. The first-order valence-electron chi connectivity index (χ1n) is 6.60. The highest BCUT2D eigenvalue weighted by Gasteiger charge is 2.26. The van der Waals surface area contributed by atoms with Crippen molar-refractivity contribution >= 4 is 27.6 Å². The van der Waals surface area contributed by atoms with Gasteiger partial charge in [-0.15, -0.1) is 0 Å². The van der Waals surface area contributed by atoms with Crippen LogP contribution in [0.25, 0.3) is 11.0 Å². The first-order chi connectivity index (χ1) is 9.97. The number of ketones is 1. The first kappa shape index (κ1) is 15.4. The topological polar surface area (TPSA) is 85.1 Å². The van der Waals surface area contributed by atoms with E-state index in [1.54, 1.807) is 12.1 Å². The number of para-hydroxylation sites is 2. The minimum atomic E-state index is -1.28. The SMILES string of the molecule is CCCS(=O)Cc1c(C(C)=O)[n+](=O)c2ccccc2n1[O-]. The summed E-state index contributed by atoms with van der Waals surface area (Å²) in [5, 5.41) is 12.4. The van der Waals surface area contributed by atoms with E-state index < -0.39 is 16.6 Å². The zero-order chi connectivity index (χ0) is 15.6. The van der Waals surface area contributed by atoms with Gasteiger partial charge in [0.05, 0.1) is 10.2 Å². The molecule has 1 aromatic heterocycles. The molecule has 0 saturated heterocycles. The third kappa shape index (κ3) is 2.87. The molecule has 1 unspecified atom stereocenters. The summed E-state index contributed by atoms with van der Waals surface area (Å²) in [6, 6.07) is 6.25. The number of rotatable bonds is 5. The van der Waals surface area contributed by atoms with Gasteiger partial charge in [-0.05, 0) is 12.5 Å². The van der Waals surface area contributed by atoms with Gasteiger partial charge < -0.3 is 9.94 Å². The fourth-order valence-electron chi connectivity index (χ4n) is 2.21. The molecule has 0 fully saturated rings. The quantitative estimate of drug-likeness (QED) is 0.622. The van der Waals surface area contributed by atoms with Crippen LogP contribution in [0.5, 0.6) is 0 Å². The van der Waals surface area contributed by atoms with Crippen LogP contribution in [0.2, 0.25) is 0 Å². The van der Waals surface area contributed by atoms with Crippen LogP contribution in [-0.4, -0.2) is 20.5 Å². The van der Waals surface area contributed by atoms with E-state index >= 15 is 0 Å². The van der Waals surface area contributed by atoms with Crippen molar-refractivity contribution in [3.05, 3.63) is 45.8 Å². The van der Waals surface area contributed by atoms with Crippen LogP contribution >= 0.6 is 0 Å². The summed E-state index contributed by atoms with van der Waals surface area (Å²) in [7, 11) is -1.28. The van der Waals surface area contributed by atoms with Gasteiger partial charge in [0.1, 0.15) is 11.2 Å². The maximum atomic E-state index is 12.4. The highest BCUT2D eigenvalue weighted by atomic mass is 32.2. The number of Topliss-reactive ketones (excluding diaryl/α,β-unsaturated/α-hetero) is 1. The van der Waals surface area contributed by atoms with Crippen molar-refractivity contribution < 1.29 is 13.4 Å². The smallest absolute Gasteiger partial charge is 0.325 e. The Hall–Kier alpha value is -2.02. The zero-order valence-electron chi connectivity index (χ0n) is 11.9. The molecule has 21 heavy (non-hydrogen) atoms. The number of carbonyl (C=O) groups excluding carboxylic acids is 1. The number of aromatic nitrogens is 2. The molecule has 6 nitrogen and oxygen atoms in total. The molecule has 0 N–H and O–H groups in total. The molecule has 2 aromatic rings. The number of carbonyl (C=O) groups is 1. The third-order valence-electron chi connectivity index (χ3n) is 3.10. The Morgan fingerprint density at radius 2 is 2.05 bits per heavy atom. The molecule has 0 radical (unpaired) electrons. The van der Waals surface area contributed by atoms with Crippen LogP contribution in [0.1, 0.15) is 36.5 Å². The van der Waals surface area contributed by atoms with E-state index in [0.29, 0.717) is 21.3 Å². The summed E-state index contributed by atoms with van der Waals surface area (Å²) in [4.78, 5) is 24.1. The Balaban J connectivity index is 2.75. The van der Waals surface area contributed by atoms with E-state index in [-0.39, 0.29) is 28.2 Å². The highest BCUT2D eigenvalue weighted by molar-refractivity contribution is 7.84. The maximum absolute atomic E-state index is 12.4. The number of hydrogen-bond donors (Lipinski definition) is 0. The molecule has 112 valence electrons. The molecule has 0 spiro atoms. The highest BCUT2D eigenvalue weighted by Crippen LogP contribution is 2.16. The lowest BCUT2D eigenvalue weighted by Gasteiger charge is -2.18. The van der Waals surface area contributed by atoms with E-state index in [1.807, 2.05) is 6.92 Å². The molecule has 1 aromatic carbocycles. The molecule has 1 heterocycles. The molecule has 0 aliphatic carbocycles. The van der Waals surface area contributed by atoms with E-state index in [9.17, 15) is 19.1 Å². The second-order valence-corrected chi connectivity index (χ2v) is 6.29. The Morgan fingerprint density at radius 3 is 2.67 bits per heavy atom. The normalized spacial score (nSPS) is 12.5. The number of benzene rings is 1. The number of fused-ring (bicyclic) bond motifs is 1. The average Bonchev–Trinajstić information content (AvgIpc) is 2.44. The molecule has 0 amide bonds. The van der Waals surface area contributed by atoms with Gasteiger partial charge in [-0.25, -0.2) is 0 Å². The van der Waals surface area contributed by atoms with Crippen LogP contribution in [0, 0.1) is 10.1 Å². The fraction of sp³-hybridized carbons (Fsp3) is 0.357. The largest absolute Gasteiger partial charge is 0.805 e. The van der Waals surface area contributed by atoms with Crippen LogP contribution in [-0.2, 0) is 16.6 Å². The van der Waals surface area contributed by atoms with Gasteiger partial charge >= 0.3 is 5.69 Å². The third-order valence-corrected chi connectivity index (χ3v) is 4.56. The summed E-state index contributed by atoms with van der Waals surface area (Å²) in [6.45, 7) is 3.11. The van der Waals surface area contributed by atoms with Crippen molar-refractivity contribution in [3.8, 4) is 0 Å². The predicted molar refractivity (Wildman–Crippen MR) is 81.1 cm³/mol. The van der Waals surface area contributed by atoms with Crippen LogP contribution in [0.4, 0.5) is 0 Å². The summed E-state index contributed by atoms with van der Waals surface area (Å²) in [5.41, 5.74) is 0.0415. The van der Waals surface area contributed by atoms with Crippen molar-refractivity contribution in [2.24, 2.45) is 0 Å². The van der Waals surface area contributed by atoms with Gasteiger partial charge in [-0.1, -0.05) is 19.1 Å². The second-order valence-electron chi connectivity index (χ2n) is 4.72. The van der Waals surface area contributed by atoms with E-state index in [2.05, 4.69) is 0 Å². The van der Waals surface area contributed by atoms with Crippen molar-refractivity contribution in [3.63, 3.8) is 0 Å². The van der Waals surface area contributed by atoms with Crippen molar-refractivity contribution in [1.82, 2.24) is 4.73 Å². The predicted octanol–water partition coefficient (Wildman–Crippen LogP) is 1.76. The van der Waals surface area contributed by atoms with E-state index in [0.717, 1.165) is 0 Å². The minimum Gasteiger partial charge on any atom is -0.805 e. The monoisotopic (exact) mass is 308 g/mol.